The van der Waals surface area contributed by atoms with E-state index in [1.165, 1.54) is 0 Å². The smallest absolute Gasteiger partial charge is 0.253 e. The van der Waals surface area contributed by atoms with Gasteiger partial charge < -0.3 is 14.4 Å². The average Bonchev–Trinajstić information content (AvgIpc) is 2.82. The topological polar surface area (TPSA) is 38.8 Å². The van der Waals surface area contributed by atoms with Crippen LogP contribution in [0.25, 0.3) is 6.08 Å². The maximum Gasteiger partial charge on any atom is 0.253 e. The van der Waals surface area contributed by atoms with Crippen LogP contribution in [0.15, 0.2) is 23.8 Å². The molecule has 2 heterocycles. The Morgan fingerprint density at radius 1 is 1.33 bits per heavy atom. The molecule has 112 valence electrons. The third kappa shape index (κ3) is 3.02. The van der Waals surface area contributed by atoms with Crippen LogP contribution >= 0.6 is 11.8 Å². The first-order valence-corrected chi connectivity index (χ1v) is 8.32. The van der Waals surface area contributed by atoms with E-state index >= 15 is 0 Å². The van der Waals surface area contributed by atoms with Gasteiger partial charge in [-0.3, -0.25) is 4.79 Å². The monoisotopic (exact) mass is 305 g/mol. The summed E-state index contributed by atoms with van der Waals surface area (Å²) < 4.78 is 11.0. The van der Waals surface area contributed by atoms with Crippen LogP contribution in [-0.4, -0.2) is 49.1 Å². The SMILES string of the molecule is COc1cccc2c1OCC(C(=O)N1CCCSCC1)=C2. The molecule has 0 saturated carbocycles. The molecule has 5 heteroatoms. The number of carbonyl (C=O) groups excluding carboxylic acids is 1. The first kappa shape index (κ1) is 14.3. The molecule has 2 aliphatic rings. The molecule has 1 aromatic rings. The Kier molecular flexibility index (Phi) is 4.39. The van der Waals surface area contributed by atoms with Crippen molar-refractivity contribution in [2.24, 2.45) is 0 Å². The zero-order valence-corrected chi connectivity index (χ0v) is 12.9. The zero-order chi connectivity index (χ0) is 14.7. The van der Waals surface area contributed by atoms with E-state index in [2.05, 4.69) is 0 Å². The van der Waals surface area contributed by atoms with Gasteiger partial charge in [-0.1, -0.05) is 12.1 Å². The molecule has 1 aromatic carbocycles. The van der Waals surface area contributed by atoms with Crippen LogP contribution in [-0.2, 0) is 4.79 Å². The van der Waals surface area contributed by atoms with Gasteiger partial charge in [0.1, 0.15) is 6.61 Å². The van der Waals surface area contributed by atoms with Crippen molar-refractivity contribution in [3.63, 3.8) is 0 Å². The van der Waals surface area contributed by atoms with Gasteiger partial charge in [0.2, 0.25) is 0 Å². The summed E-state index contributed by atoms with van der Waals surface area (Å²) >= 11 is 1.92. The summed E-state index contributed by atoms with van der Waals surface area (Å²) in [7, 11) is 1.62. The molecule has 0 aromatic heterocycles. The zero-order valence-electron chi connectivity index (χ0n) is 12.1. The van der Waals surface area contributed by atoms with E-state index in [9.17, 15) is 4.79 Å². The largest absolute Gasteiger partial charge is 0.493 e. The van der Waals surface area contributed by atoms with Gasteiger partial charge >= 0.3 is 0 Å². The van der Waals surface area contributed by atoms with E-state index in [-0.39, 0.29) is 5.91 Å². The van der Waals surface area contributed by atoms with Crippen molar-refractivity contribution < 1.29 is 14.3 Å². The maximum absolute atomic E-state index is 12.6. The minimum Gasteiger partial charge on any atom is -0.493 e. The summed E-state index contributed by atoms with van der Waals surface area (Å²) in [4.78, 5) is 14.6. The summed E-state index contributed by atoms with van der Waals surface area (Å²) in [5.41, 5.74) is 1.64. The third-order valence-electron chi connectivity index (χ3n) is 3.72. The number of fused-ring (bicyclic) bond motifs is 1. The molecule has 21 heavy (non-hydrogen) atoms. The number of nitrogens with zero attached hydrogens (tertiary/aromatic N) is 1. The second-order valence-corrected chi connectivity index (χ2v) is 6.32. The Morgan fingerprint density at radius 2 is 2.24 bits per heavy atom. The molecular weight excluding hydrogens is 286 g/mol. The van der Waals surface area contributed by atoms with Gasteiger partial charge in [-0.2, -0.15) is 11.8 Å². The Balaban J connectivity index is 1.82. The van der Waals surface area contributed by atoms with Gasteiger partial charge in [0, 0.05) is 24.4 Å². The quantitative estimate of drug-likeness (QED) is 0.841. The van der Waals surface area contributed by atoms with Crippen molar-refractivity contribution in [1.82, 2.24) is 4.90 Å². The fourth-order valence-corrected chi connectivity index (χ4v) is 3.50. The van der Waals surface area contributed by atoms with Gasteiger partial charge in [-0.05, 0) is 24.3 Å². The van der Waals surface area contributed by atoms with E-state index in [4.69, 9.17) is 9.47 Å². The summed E-state index contributed by atoms with van der Waals surface area (Å²) in [6.07, 6.45) is 3.00. The summed E-state index contributed by atoms with van der Waals surface area (Å²) in [6.45, 7) is 1.98. The molecule has 0 bridgehead atoms. The van der Waals surface area contributed by atoms with Crippen molar-refractivity contribution in [1.29, 1.82) is 0 Å². The Bertz CT molecular complexity index is 563. The molecule has 0 atom stereocenters. The van der Waals surface area contributed by atoms with Crippen LogP contribution in [0.3, 0.4) is 0 Å². The lowest BCUT2D eigenvalue weighted by Gasteiger charge is -2.25. The van der Waals surface area contributed by atoms with Crippen molar-refractivity contribution in [2.75, 3.05) is 38.3 Å². The molecule has 3 rings (SSSR count). The second-order valence-electron chi connectivity index (χ2n) is 5.10. The van der Waals surface area contributed by atoms with E-state index in [0.29, 0.717) is 12.4 Å². The number of para-hydroxylation sites is 1. The van der Waals surface area contributed by atoms with Gasteiger partial charge in [-0.15, -0.1) is 0 Å². The summed E-state index contributed by atoms with van der Waals surface area (Å²) in [5, 5.41) is 0. The number of methoxy groups -OCH3 is 1. The molecule has 1 fully saturated rings. The molecule has 0 unspecified atom stereocenters. The minimum absolute atomic E-state index is 0.103. The number of thioether (sulfide) groups is 1. The minimum atomic E-state index is 0.103. The lowest BCUT2D eigenvalue weighted by molar-refractivity contribution is -0.127. The lowest BCUT2D eigenvalue weighted by Crippen LogP contribution is -2.35. The van der Waals surface area contributed by atoms with Crippen LogP contribution in [0.2, 0.25) is 0 Å². The van der Waals surface area contributed by atoms with Crippen LogP contribution < -0.4 is 9.47 Å². The van der Waals surface area contributed by atoms with E-state index in [0.717, 1.165) is 47.9 Å². The number of hydrogen-bond acceptors (Lipinski definition) is 4. The third-order valence-corrected chi connectivity index (χ3v) is 4.76. The Labute approximate surface area is 129 Å². The number of benzene rings is 1. The number of ether oxygens (including phenoxy) is 2. The standard InChI is InChI=1S/C16H19NO3S/c1-19-14-5-2-4-12-10-13(11-20-15(12)14)16(18)17-6-3-8-21-9-7-17/h2,4-5,10H,3,6-9,11H2,1H3. The number of amides is 1. The predicted octanol–water partition coefficient (Wildman–Crippen LogP) is 2.44. The molecule has 2 aliphatic heterocycles. The number of rotatable bonds is 2. The number of hydrogen-bond donors (Lipinski definition) is 0. The van der Waals surface area contributed by atoms with Crippen molar-refractivity contribution in [3.05, 3.63) is 29.3 Å². The van der Waals surface area contributed by atoms with E-state index in [1.807, 2.05) is 40.9 Å². The number of carbonyl (C=O) groups is 1. The molecule has 0 aliphatic carbocycles. The average molecular weight is 305 g/mol. The molecule has 1 amide bonds. The van der Waals surface area contributed by atoms with Gasteiger partial charge in [0.15, 0.2) is 11.5 Å². The van der Waals surface area contributed by atoms with E-state index in [1.54, 1.807) is 7.11 Å². The summed E-state index contributed by atoms with van der Waals surface area (Å²) in [5.74, 6) is 3.69. The van der Waals surface area contributed by atoms with Crippen molar-refractivity contribution >= 4 is 23.7 Å². The second kappa shape index (κ2) is 6.43. The molecule has 0 spiro atoms. The highest BCUT2D eigenvalue weighted by Crippen LogP contribution is 2.35. The summed E-state index contributed by atoms with van der Waals surface area (Å²) in [6, 6.07) is 5.72. The fraction of sp³-hybridized carbons (Fsp3) is 0.438. The van der Waals surface area contributed by atoms with Crippen LogP contribution in [0.5, 0.6) is 11.5 Å². The van der Waals surface area contributed by atoms with Gasteiger partial charge in [0.25, 0.3) is 5.91 Å². The van der Waals surface area contributed by atoms with Gasteiger partial charge in [0.05, 0.1) is 12.7 Å². The normalized spacial score (nSPS) is 18.1. The Morgan fingerprint density at radius 3 is 3.10 bits per heavy atom. The highest BCUT2D eigenvalue weighted by Gasteiger charge is 2.24. The van der Waals surface area contributed by atoms with Gasteiger partial charge in [-0.25, -0.2) is 0 Å². The fourth-order valence-electron chi connectivity index (χ4n) is 2.62. The predicted molar refractivity (Wildman–Crippen MR) is 85.0 cm³/mol. The highest BCUT2D eigenvalue weighted by molar-refractivity contribution is 7.99. The molecule has 1 saturated heterocycles. The van der Waals surface area contributed by atoms with Crippen LogP contribution in [0, 0.1) is 0 Å². The first-order valence-electron chi connectivity index (χ1n) is 7.17. The Hall–Kier alpha value is -1.62. The lowest BCUT2D eigenvalue weighted by atomic mass is 10.1. The molecule has 0 radical (unpaired) electrons. The molecule has 4 nitrogen and oxygen atoms in total. The molecule has 0 N–H and O–H groups in total. The molecular formula is C16H19NO3S. The van der Waals surface area contributed by atoms with Crippen molar-refractivity contribution in [3.8, 4) is 11.5 Å². The highest BCUT2D eigenvalue weighted by atomic mass is 32.2. The maximum atomic E-state index is 12.6. The van der Waals surface area contributed by atoms with E-state index < -0.39 is 0 Å². The van der Waals surface area contributed by atoms with Crippen molar-refractivity contribution in [2.45, 2.75) is 6.42 Å². The van der Waals surface area contributed by atoms with Crippen LogP contribution in [0.4, 0.5) is 0 Å². The van der Waals surface area contributed by atoms with Crippen LogP contribution in [0.1, 0.15) is 12.0 Å². The first-order chi connectivity index (χ1) is 10.3.